The van der Waals surface area contributed by atoms with Gasteiger partial charge in [0.2, 0.25) is 0 Å². The molecule has 0 heterocycles. The summed E-state index contributed by atoms with van der Waals surface area (Å²) in [5, 5.41) is 0. The van der Waals surface area contributed by atoms with E-state index in [1.165, 1.54) is 0 Å². The van der Waals surface area contributed by atoms with Crippen LogP contribution in [0.3, 0.4) is 0 Å². The molecule has 0 bridgehead atoms. The van der Waals surface area contributed by atoms with Gasteiger partial charge in [0.05, 0.1) is 4.90 Å². The van der Waals surface area contributed by atoms with Gasteiger partial charge in [-0.3, -0.25) is 0 Å². The van der Waals surface area contributed by atoms with Gasteiger partial charge >= 0.3 is 0 Å². The number of benzene rings is 2. The molecule has 112 valence electrons. The minimum Gasteiger partial charge on any atom is -0.573 e. The van der Waals surface area contributed by atoms with Gasteiger partial charge in [-0.15, -0.1) is 5.69 Å². The Morgan fingerprint density at radius 2 is 1.43 bits per heavy atom. The average molecular weight is 367 g/mol. The third kappa shape index (κ3) is 4.08. The zero-order valence-corrected chi connectivity index (χ0v) is 14.6. The van der Waals surface area contributed by atoms with Crippen LogP contribution in [0.5, 0.6) is 0 Å². The molecular formula is C16H17BrNO2S-. The smallest absolute Gasteiger partial charge is 0.123 e. The third-order valence-corrected chi connectivity index (χ3v) is 4.92. The molecule has 21 heavy (non-hydrogen) atoms. The van der Waals surface area contributed by atoms with E-state index in [4.69, 9.17) is 0 Å². The third-order valence-electron chi connectivity index (χ3n) is 3.07. The van der Waals surface area contributed by atoms with Crippen LogP contribution < -0.4 is 0 Å². The van der Waals surface area contributed by atoms with E-state index in [0.717, 1.165) is 10.0 Å². The molecule has 0 N–H and O–H groups in total. The molecule has 2 rings (SSSR count). The van der Waals surface area contributed by atoms with Crippen molar-refractivity contribution in [1.82, 2.24) is 0 Å². The monoisotopic (exact) mass is 366 g/mol. The molecule has 0 aliphatic rings. The first-order valence-electron chi connectivity index (χ1n) is 6.53. The van der Waals surface area contributed by atoms with Crippen LogP contribution >= 0.6 is 15.9 Å². The van der Waals surface area contributed by atoms with Gasteiger partial charge in [0.1, 0.15) is 10.0 Å². The van der Waals surface area contributed by atoms with Crippen LogP contribution in [0.15, 0.2) is 57.9 Å². The predicted octanol–water partition coefficient (Wildman–Crippen LogP) is 5.14. The molecule has 2 aromatic rings. The van der Waals surface area contributed by atoms with Crippen molar-refractivity contribution in [3.05, 3.63) is 63.3 Å². The van der Waals surface area contributed by atoms with E-state index in [1.807, 2.05) is 12.1 Å². The van der Waals surface area contributed by atoms with Crippen molar-refractivity contribution in [3.63, 3.8) is 0 Å². The largest absolute Gasteiger partial charge is 0.573 e. The number of sulfonamides is 1. The summed E-state index contributed by atoms with van der Waals surface area (Å²) in [4.78, 5) is 0.207. The highest BCUT2D eigenvalue weighted by Gasteiger charge is 2.14. The Hall–Kier alpha value is -1.33. The van der Waals surface area contributed by atoms with E-state index in [1.54, 1.807) is 36.4 Å². The minimum atomic E-state index is -3.68. The maximum absolute atomic E-state index is 12.3. The molecule has 0 saturated heterocycles. The summed E-state index contributed by atoms with van der Waals surface area (Å²) in [5.41, 5.74) is 1.49. The first kappa shape index (κ1) is 16.0. The first-order chi connectivity index (χ1) is 9.68. The Morgan fingerprint density at radius 3 is 1.90 bits per heavy atom. The highest BCUT2D eigenvalue weighted by Crippen LogP contribution is 2.30. The van der Waals surface area contributed by atoms with Crippen LogP contribution in [0.2, 0.25) is 0 Å². The lowest BCUT2D eigenvalue weighted by molar-refractivity contribution is 0.587. The molecule has 0 spiro atoms. The Morgan fingerprint density at radius 1 is 0.905 bits per heavy atom. The van der Waals surface area contributed by atoms with Gasteiger partial charge in [0, 0.05) is 4.47 Å². The van der Waals surface area contributed by atoms with E-state index < -0.39 is 10.0 Å². The zero-order valence-electron chi connectivity index (χ0n) is 12.2. The van der Waals surface area contributed by atoms with E-state index in [2.05, 4.69) is 41.4 Å². The highest BCUT2D eigenvalue weighted by molar-refractivity contribution is 9.10. The van der Waals surface area contributed by atoms with Crippen molar-refractivity contribution in [2.75, 3.05) is 0 Å². The van der Waals surface area contributed by atoms with E-state index in [9.17, 15) is 8.42 Å². The average Bonchev–Trinajstić information content (AvgIpc) is 2.40. The molecule has 2 aromatic carbocycles. The van der Waals surface area contributed by atoms with Crippen molar-refractivity contribution in [2.45, 2.75) is 31.1 Å². The van der Waals surface area contributed by atoms with Crippen LogP contribution in [0.25, 0.3) is 4.72 Å². The summed E-state index contributed by atoms with van der Waals surface area (Å²) in [6.07, 6.45) is 0. The number of hydrogen-bond donors (Lipinski definition) is 0. The van der Waals surface area contributed by atoms with Crippen molar-refractivity contribution in [3.8, 4) is 0 Å². The molecule has 0 aliphatic carbocycles. The fraction of sp³-hybridized carbons (Fsp3) is 0.250. The molecule has 3 nitrogen and oxygen atoms in total. The summed E-state index contributed by atoms with van der Waals surface area (Å²) in [7, 11) is -3.68. The van der Waals surface area contributed by atoms with E-state index in [-0.39, 0.29) is 10.3 Å². The van der Waals surface area contributed by atoms with Crippen LogP contribution in [-0.2, 0) is 15.4 Å². The standard InChI is InChI=1S/C16H17BrNO2S/c1-16(2,3)12-4-10-15(11-5-12)21(19,20)18-14-8-6-13(17)7-9-14/h4-11H,1-3H3/q-1. The van der Waals surface area contributed by atoms with Crippen molar-refractivity contribution < 1.29 is 8.42 Å². The molecular weight excluding hydrogens is 350 g/mol. The van der Waals surface area contributed by atoms with E-state index in [0.29, 0.717) is 5.69 Å². The van der Waals surface area contributed by atoms with Gasteiger partial charge in [-0.25, -0.2) is 8.42 Å². The fourth-order valence-corrected chi connectivity index (χ4v) is 3.07. The molecule has 0 aliphatic heterocycles. The normalized spacial score (nSPS) is 12.2. The highest BCUT2D eigenvalue weighted by atomic mass is 79.9. The summed E-state index contributed by atoms with van der Waals surface area (Å²) < 4.78 is 29.3. The topological polar surface area (TPSA) is 48.2 Å². The van der Waals surface area contributed by atoms with Crippen molar-refractivity contribution in [1.29, 1.82) is 0 Å². The fourth-order valence-electron chi connectivity index (χ4n) is 1.82. The Bertz CT molecular complexity index is 714. The molecule has 0 unspecified atom stereocenters. The molecule has 0 atom stereocenters. The van der Waals surface area contributed by atoms with Crippen LogP contribution in [-0.4, -0.2) is 8.42 Å². The second-order valence-corrected chi connectivity index (χ2v) is 8.34. The number of nitrogens with zero attached hydrogens (tertiary/aromatic N) is 1. The lowest BCUT2D eigenvalue weighted by atomic mass is 9.87. The van der Waals surface area contributed by atoms with Crippen LogP contribution in [0.4, 0.5) is 5.69 Å². The summed E-state index contributed by atoms with van der Waals surface area (Å²) >= 11 is 3.31. The lowest BCUT2D eigenvalue weighted by Gasteiger charge is -2.23. The quantitative estimate of drug-likeness (QED) is 0.754. The molecule has 0 amide bonds. The molecule has 0 aromatic heterocycles. The van der Waals surface area contributed by atoms with Crippen molar-refractivity contribution in [2.24, 2.45) is 0 Å². The van der Waals surface area contributed by atoms with E-state index >= 15 is 0 Å². The maximum Gasteiger partial charge on any atom is 0.123 e. The van der Waals surface area contributed by atoms with Gasteiger partial charge in [0.15, 0.2) is 0 Å². The minimum absolute atomic E-state index is 0.00879. The Labute approximate surface area is 134 Å². The van der Waals surface area contributed by atoms with Crippen LogP contribution in [0, 0.1) is 0 Å². The number of rotatable bonds is 3. The molecule has 0 radical (unpaired) electrons. The maximum atomic E-state index is 12.3. The second-order valence-electron chi connectivity index (χ2n) is 5.82. The second kappa shape index (κ2) is 5.81. The molecule has 5 heteroatoms. The number of hydrogen-bond acceptors (Lipinski definition) is 2. The zero-order chi connectivity index (χ0) is 15.7. The van der Waals surface area contributed by atoms with Gasteiger partial charge in [0.25, 0.3) is 0 Å². The Kier molecular flexibility index (Phi) is 4.44. The van der Waals surface area contributed by atoms with Gasteiger partial charge in [-0.05, 0) is 35.2 Å². The summed E-state index contributed by atoms with van der Waals surface area (Å²) in [6.45, 7) is 6.26. The van der Waals surface area contributed by atoms with Crippen molar-refractivity contribution >= 4 is 31.6 Å². The number of halogens is 1. The summed E-state index contributed by atoms with van der Waals surface area (Å²) in [6, 6.07) is 13.7. The predicted molar refractivity (Wildman–Crippen MR) is 89.5 cm³/mol. The van der Waals surface area contributed by atoms with Gasteiger partial charge < -0.3 is 4.72 Å². The SMILES string of the molecule is CC(C)(C)c1ccc(S(=O)(=O)[N-]c2ccc(Br)cc2)cc1. The van der Waals surface area contributed by atoms with Gasteiger partial charge in [-0.1, -0.05) is 61.0 Å². The Balaban J connectivity index is 2.25. The van der Waals surface area contributed by atoms with Gasteiger partial charge in [-0.2, -0.15) is 0 Å². The lowest BCUT2D eigenvalue weighted by Crippen LogP contribution is -2.11. The molecule has 0 saturated carbocycles. The summed E-state index contributed by atoms with van der Waals surface area (Å²) in [5.74, 6) is 0. The molecule has 0 fully saturated rings. The van der Waals surface area contributed by atoms with Crippen LogP contribution in [0.1, 0.15) is 26.3 Å². The first-order valence-corrected chi connectivity index (χ1v) is 8.76.